The monoisotopic (exact) mass is 505 g/mol. The molecular formula is C28H31N3O6. The van der Waals surface area contributed by atoms with Crippen molar-refractivity contribution in [2.75, 3.05) is 26.3 Å². The summed E-state index contributed by atoms with van der Waals surface area (Å²) in [4.78, 5) is 39.6. The Morgan fingerprint density at radius 1 is 1.03 bits per heavy atom. The second-order valence-corrected chi connectivity index (χ2v) is 9.14. The van der Waals surface area contributed by atoms with Gasteiger partial charge < -0.3 is 14.8 Å². The maximum absolute atomic E-state index is 13.4. The number of fused-ring (bicyclic) bond motifs is 1. The minimum Gasteiger partial charge on any atom is -0.463 e. The maximum Gasteiger partial charge on any atom is 0.336 e. The maximum atomic E-state index is 13.4. The van der Waals surface area contributed by atoms with Gasteiger partial charge in [0.1, 0.15) is 6.61 Å². The average Bonchev–Trinajstić information content (AvgIpc) is 2.88. The summed E-state index contributed by atoms with van der Waals surface area (Å²) in [5.41, 5.74) is 4.45. The fraction of sp³-hybridized carbons (Fsp3) is 0.357. The molecule has 2 aliphatic heterocycles. The lowest BCUT2D eigenvalue weighted by Crippen LogP contribution is -2.35. The fourth-order valence-electron chi connectivity index (χ4n) is 4.99. The van der Waals surface area contributed by atoms with E-state index in [0.29, 0.717) is 23.5 Å². The van der Waals surface area contributed by atoms with E-state index in [1.54, 1.807) is 32.9 Å². The van der Waals surface area contributed by atoms with Gasteiger partial charge in [-0.05, 0) is 43.9 Å². The summed E-state index contributed by atoms with van der Waals surface area (Å²) in [6, 6.07) is 14.3. The van der Waals surface area contributed by atoms with Gasteiger partial charge in [-0.3, -0.25) is 15.0 Å². The molecule has 37 heavy (non-hydrogen) atoms. The number of rotatable bonds is 8. The van der Waals surface area contributed by atoms with Crippen LogP contribution in [-0.2, 0) is 32.0 Å². The van der Waals surface area contributed by atoms with Crippen LogP contribution in [0.1, 0.15) is 43.4 Å². The fourth-order valence-corrected chi connectivity index (χ4v) is 4.99. The van der Waals surface area contributed by atoms with Crippen LogP contribution in [0, 0.1) is 10.1 Å². The first kappa shape index (κ1) is 26.1. The van der Waals surface area contributed by atoms with Crippen LogP contribution in [0.25, 0.3) is 0 Å². The lowest BCUT2D eigenvalue weighted by Gasteiger charge is -2.31. The minimum absolute atomic E-state index is 0.132. The zero-order valence-electron chi connectivity index (χ0n) is 21.3. The summed E-state index contributed by atoms with van der Waals surface area (Å²) in [7, 11) is 0. The van der Waals surface area contributed by atoms with Gasteiger partial charge in [0.05, 0.1) is 28.6 Å². The van der Waals surface area contributed by atoms with Crippen molar-refractivity contribution in [3.63, 3.8) is 0 Å². The highest BCUT2D eigenvalue weighted by Gasteiger charge is 2.38. The first-order chi connectivity index (χ1) is 17.8. The largest absolute Gasteiger partial charge is 0.463 e. The number of benzene rings is 2. The number of hydrogen-bond donors (Lipinski definition) is 1. The van der Waals surface area contributed by atoms with Crippen molar-refractivity contribution in [1.82, 2.24) is 10.2 Å². The van der Waals surface area contributed by atoms with Crippen molar-refractivity contribution >= 4 is 17.6 Å². The standard InChI is InChI=1S/C28H31N3O6/c1-4-36-27(32)24-18(2)29-19(3)25(26(24)21-10-7-11-23(16-21)31(34)35)28(33)37-15-14-30-13-12-20-8-5-6-9-22(20)17-30/h5-11,16,26,29H,4,12-15,17H2,1-3H3. The molecule has 0 fully saturated rings. The van der Waals surface area contributed by atoms with Crippen LogP contribution in [0.15, 0.2) is 71.1 Å². The van der Waals surface area contributed by atoms with Crippen LogP contribution in [0.2, 0.25) is 0 Å². The Labute approximate surface area is 215 Å². The van der Waals surface area contributed by atoms with E-state index >= 15 is 0 Å². The number of carbonyl (C=O) groups excluding carboxylic acids is 2. The second-order valence-electron chi connectivity index (χ2n) is 9.14. The number of nitrogens with one attached hydrogen (secondary N) is 1. The Kier molecular flexibility index (Phi) is 8.03. The molecule has 0 amide bonds. The summed E-state index contributed by atoms with van der Waals surface area (Å²) >= 11 is 0. The summed E-state index contributed by atoms with van der Waals surface area (Å²) in [5.74, 6) is -2.03. The first-order valence-electron chi connectivity index (χ1n) is 12.4. The zero-order valence-corrected chi connectivity index (χ0v) is 21.3. The van der Waals surface area contributed by atoms with Gasteiger partial charge in [-0.25, -0.2) is 9.59 Å². The molecule has 0 spiro atoms. The van der Waals surface area contributed by atoms with Crippen molar-refractivity contribution in [2.45, 2.75) is 39.7 Å². The number of ether oxygens (including phenoxy) is 2. The molecule has 0 aliphatic carbocycles. The van der Waals surface area contributed by atoms with E-state index in [1.807, 2.05) is 12.1 Å². The van der Waals surface area contributed by atoms with Crippen molar-refractivity contribution in [3.05, 3.63) is 97.9 Å². The van der Waals surface area contributed by atoms with Crippen LogP contribution >= 0.6 is 0 Å². The number of hydrogen-bond acceptors (Lipinski definition) is 8. The van der Waals surface area contributed by atoms with Crippen LogP contribution in [-0.4, -0.2) is 48.1 Å². The van der Waals surface area contributed by atoms with Gasteiger partial charge in [-0.15, -0.1) is 0 Å². The Morgan fingerprint density at radius 3 is 2.38 bits per heavy atom. The highest BCUT2D eigenvalue weighted by atomic mass is 16.6. The minimum atomic E-state index is -0.866. The molecule has 9 heteroatoms. The molecule has 0 radical (unpaired) electrons. The number of nitrogens with zero attached hydrogens (tertiary/aromatic N) is 2. The molecule has 0 aromatic heterocycles. The summed E-state index contributed by atoms with van der Waals surface area (Å²) in [6.45, 7) is 7.72. The van der Waals surface area contributed by atoms with Gasteiger partial charge in [0.25, 0.3) is 5.69 Å². The first-order valence-corrected chi connectivity index (χ1v) is 12.4. The molecule has 0 bridgehead atoms. The Bertz CT molecular complexity index is 1280. The normalized spacial score (nSPS) is 17.6. The van der Waals surface area contributed by atoms with Gasteiger partial charge in [0.15, 0.2) is 0 Å². The lowest BCUT2D eigenvalue weighted by atomic mass is 9.80. The molecule has 0 saturated heterocycles. The van der Waals surface area contributed by atoms with Gasteiger partial charge in [-0.1, -0.05) is 36.4 Å². The van der Waals surface area contributed by atoms with Crippen LogP contribution in [0.4, 0.5) is 5.69 Å². The van der Waals surface area contributed by atoms with Crippen molar-refractivity contribution in [2.24, 2.45) is 0 Å². The molecule has 2 aromatic rings. The van der Waals surface area contributed by atoms with Gasteiger partial charge in [0.2, 0.25) is 0 Å². The van der Waals surface area contributed by atoms with E-state index < -0.39 is 22.8 Å². The third kappa shape index (κ3) is 5.72. The number of allylic oxidation sites excluding steroid dienone is 2. The smallest absolute Gasteiger partial charge is 0.336 e. The molecular weight excluding hydrogens is 474 g/mol. The number of nitro benzene ring substituents is 1. The highest BCUT2D eigenvalue weighted by Crippen LogP contribution is 2.40. The Hall–Kier alpha value is -3.98. The molecule has 4 rings (SSSR count). The molecule has 1 unspecified atom stereocenters. The molecule has 0 saturated carbocycles. The number of carbonyl (C=O) groups is 2. The summed E-state index contributed by atoms with van der Waals surface area (Å²) in [6.07, 6.45) is 0.945. The molecule has 2 heterocycles. The van der Waals surface area contributed by atoms with E-state index in [4.69, 9.17) is 9.47 Å². The molecule has 1 atom stereocenters. The Balaban J connectivity index is 1.56. The highest BCUT2D eigenvalue weighted by molar-refractivity contribution is 6.00. The van der Waals surface area contributed by atoms with E-state index in [2.05, 4.69) is 22.3 Å². The summed E-state index contributed by atoms with van der Waals surface area (Å²) in [5, 5.41) is 14.5. The lowest BCUT2D eigenvalue weighted by molar-refractivity contribution is -0.384. The van der Waals surface area contributed by atoms with E-state index in [-0.39, 0.29) is 30.0 Å². The average molecular weight is 506 g/mol. The number of nitro groups is 1. The van der Waals surface area contributed by atoms with Gasteiger partial charge in [-0.2, -0.15) is 0 Å². The predicted molar refractivity (Wildman–Crippen MR) is 137 cm³/mol. The second kappa shape index (κ2) is 11.4. The van der Waals surface area contributed by atoms with Crippen LogP contribution in [0.3, 0.4) is 0 Å². The predicted octanol–water partition coefficient (Wildman–Crippen LogP) is 3.99. The molecule has 2 aromatic carbocycles. The van der Waals surface area contributed by atoms with Gasteiger partial charge >= 0.3 is 11.9 Å². The number of esters is 2. The van der Waals surface area contributed by atoms with Crippen LogP contribution < -0.4 is 5.32 Å². The molecule has 2 aliphatic rings. The molecule has 1 N–H and O–H groups in total. The van der Waals surface area contributed by atoms with E-state index in [9.17, 15) is 19.7 Å². The van der Waals surface area contributed by atoms with E-state index in [1.165, 1.54) is 23.3 Å². The molecule has 9 nitrogen and oxygen atoms in total. The van der Waals surface area contributed by atoms with E-state index in [0.717, 1.165) is 19.5 Å². The number of dihydropyridines is 1. The Morgan fingerprint density at radius 2 is 1.70 bits per heavy atom. The van der Waals surface area contributed by atoms with Gasteiger partial charge in [0, 0.05) is 43.2 Å². The quantitative estimate of drug-likeness (QED) is 0.326. The topological polar surface area (TPSA) is 111 Å². The van der Waals surface area contributed by atoms with Crippen molar-refractivity contribution < 1.29 is 24.0 Å². The SMILES string of the molecule is CCOC(=O)C1=C(C)NC(C)=C(C(=O)OCCN2CCc3ccccc3C2)C1c1cccc([N+](=O)[O-])c1. The third-order valence-corrected chi connectivity index (χ3v) is 6.74. The summed E-state index contributed by atoms with van der Waals surface area (Å²) < 4.78 is 11.0. The molecule has 194 valence electrons. The van der Waals surface area contributed by atoms with Crippen LogP contribution in [0.5, 0.6) is 0 Å². The third-order valence-electron chi connectivity index (χ3n) is 6.74. The van der Waals surface area contributed by atoms with Crippen molar-refractivity contribution in [3.8, 4) is 0 Å². The zero-order chi connectivity index (χ0) is 26.5. The number of non-ortho nitro benzene ring substituents is 1. The van der Waals surface area contributed by atoms with Crippen molar-refractivity contribution in [1.29, 1.82) is 0 Å².